The second-order valence-electron chi connectivity index (χ2n) is 15.6. The SMILES string of the molecule is CCCCCCCCCCCCCC1CCC(c2cc(C)c(Oc3cccc(N)c3)c(C)c2)(c2cc(C)c(Oc3cccc(N)c3)c(C)c2)CC1. The summed E-state index contributed by atoms with van der Waals surface area (Å²) in [5.74, 6) is 4.19. The summed E-state index contributed by atoms with van der Waals surface area (Å²) in [6.07, 6.45) is 21.6. The molecule has 4 nitrogen and oxygen atoms in total. The van der Waals surface area contributed by atoms with Gasteiger partial charge in [-0.1, -0.05) is 120 Å². The van der Waals surface area contributed by atoms with Crippen LogP contribution in [-0.2, 0) is 5.41 Å². The predicted octanol–water partition coefficient (Wildman–Crippen LogP) is 13.8. The van der Waals surface area contributed by atoms with E-state index in [9.17, 15) is 0 Å². The summed E-state index contributed by atoms with van der Waals surface area (Å²) < 4.78 is 12.9. The summed E-state index contributed by atoms with van der Waals surface area (Å²) in [5, 5.41) is 0. The van der Waals surface area contributed by atoms with Gasteiger partial charge in [-0.05, 0) is 117 Å². The maximum Gasteiger partial charge on any atom is 0.133 e. The van der Waals surface area contributed by atoms with Crippen LogP contribution in [0, 0.1) is 33.6 Å². The van der Waals surface area contributed by atoms with Gasteiger partial charge < -0.3 is 20.9 Å². The molecule has 274 valence electrons. The highest BCUT2D eigenvalue weighted by Crippen LogP contribution is 2.50. The molecule has 1 fully saturated rings. The molecule has 4 aromatic rings. The van der Waals surface area contributed by atoms with Crippen molar-refractivity contribution in [2.75, 3.05) is 11.5 Å². The van der Waals surface area contributed by atoms with Gasteiger partial charge in [-0.15, -0.1) is 0 Å². The highest BCUT2D eigenvalue weighted by atomic mass is 16.5. The van der Waals surface area contributed by atoms with Crippen molar-refractivity contribution in [3.8, 4) is 23.0 Å². The molecule has 0 bridgehead atoms. The topological polar surface area (TPSA) is 70.5 Å². The number of unbranched alkanes of at least 4 members (excludes halogenated alkanes) is 10. The van der Waals surface area contributed by atoms with Crippen molar-refractivity contribution in [1.82, 2.24) is 0 Å². The summed E-state index contributed by atoms with van der Waals surface area (Å²) in [4.78, 5) is 0. The number of nitrogen functional groups attached to an aromatic ring is 2. The Morgan fingerprint density at radius 1 is 0.549 bits per heavy atom. The van der Waals surface area contributed by atoms with Gasteiger partial charge in [0.15, 0.2) is 0 Å². The number of rotatable bonds is 18. The minimum absolute atomic E-state index is 0.0654. The van der Waals surface area contributed by atoms with Crippen molar-refractivity contribution in [2.24, 2.45) is 5.92 Å². The number of hydrogen-bond donors (Lipinski definition) is 2. The van der Waals surface area contributed by atoms with E-state index in [0.29, 0.717) is 11.4 Å². The molecule has 0 unspecified atom stereocenters. The number of anilines is 2. The molecule has 0 heterocycles. The molecule has 51 heavy (non-hydrogen) atoms. The van der Waals surface area contributed by atoms with E-state index in [-0.39, 0.29) is 5.41 Å². The lowest BCUT2D eigenvalue weighted by Gasteiger charge is -2.42. The molecule has 1 aliphatic rings. The number of benzene rings is 4. The molecule has 4 heteroatoms. The van der Waals surface area contributed by atoms with Gasteiger partial charge in [-0.2, -0.15) is 0 Å². The third kappa shape index (κ3) is 10.3. The minimum Gasteiger partial charge on any atom is -0.457 e. The highest BCUT2D eigenvalue weighted by Gasteiger charge is 2.39. The van der Waals surface area contributed by atoms with Gasteiger partial charge >= 0.3 is 0 Å². The van der Waals surface area contributed by atoms with Crippen LogP contribution in [-0.4, -0.2) is 0 Å². The first-order chi connectivity index (χ1) is 24.7. The summed E-state index contributed by atoms with van der Waals surface area (Å²) in [6, 6.07) is 25.0. The van der Waals surface area contributed by atoms with Crippen LogP contribution < -0.4 is 20.9 Å². The Balaban J connectivity index is 1.31. The predicted molar refractivity (Wildman–Crippen MR) is 218 cm³/mol. The first-order valence-electron chi connectivity index (χ1n) is 20.0. The van der Waals surface area contributed by atoms with E-state index in [1.54, 1.807) is 0 Å². The van der Waals surface area contributed by atoms with Crippen LogP contribution in [0.1, 0.15) is 143 Å². The molecule has 4 N–H and O–H groups in total. The highest BCUT2D eigenvalue weighted by molar-refractivity contribution is 5.55. The van der Waals surface area contributed by atoms with E-state index < -0.39 is 0 Å². The Hall–Kier alpha value is -3.92. The van der Waals surface area contributed by atoms with Crippen LogP contribution in [0.2, 0.25) is 0 Å². The van der Waals surface area contributed by atoms with Crippen molar-refractivity contribution >= 4 is 11.4 Å². The molecule has 0 saturated heterocycles. The van der Waals surface area contributed by atoms with E-state index in [2.05, 4.69) is 58.9 Å². The van der Waals surface area contributed by atoms with Gasteiger partial charge in [0.25, 0.3) is 0 Å². The van der Waals surface area contributed by atoms with Gasteiger partial charge in [-0.25, -0.2) is 0 Å². The fourth-order valence-corrected chi connectivity index (χ4v) is 8.47. The number of nitrogens with two attached hydrogens (primary N) is 2. The molecular formula is C47H64N2O2. The van der Waals surface area contributed by atoms with Crippen LogP contribution in [0.25, 0.3) is 0 Å². The maximum atomic E-state index is 6.44. The van der Waals surface area contributed by atoms with E-state index in [4.69, 9.17) is 20.9 Å². The summed E-state index contributed by atoms with van der Waals surface area (Å²) in [6.45, 7) is 11.0. The third-order valence-electron chi connectivity index (χ3n) is 11.4. The fourth-order valence-electron chi connectivity index (χ4n) is 8.47. The lowest BCUT2D eigenvalue weighted by atomic mass is 9.62. The average molecular weight is 689 g/mol. The van der Waals surface area contributed by atoms with Crippen LogP contribution in [0.4, 0.5) is 11.4 Å². The largest absolute Gasteiger partial charge is 0.457 e. The van der Waals surface area contributed by atoms with Gasteiger partial charge in [0.2, 0.25) is 0 Å². The summed E-state index contributed by atoms with van der Waals surface area (Å²) >= 11 is 0. The fraction of sp³-hybridized carbons (Fsp3) is 0.489. The Morgan fingerprint density at radius 3 is 1.33 bits per heavy atom. The van der Waals surface area contributed by atoms with E-state index >= 15 is 0 Å². The molecule has 0 radical (unpaired) electrons. The summed E-state index contributed by atoms with van der Waals surface area (Å²) in [7, 11) is 0. The van der Waals surface area contributed by atoms with Crippen LogP contribution in [0.3, 0.4) is 0 Å². The molecule has 4 aromatic carbocycles. The monoisotopic (exact) mass is 688 g/mol. The van der Waals surface area contributed by atoms with Crippen molar-refractivity contribution in [3.63, 3.8) is 0 Å². The average Bonchev–Trinajstić information content (AvgIpc) is 3.10. The van der Waals surface area contributed by atoms with Crippen LogP contribution in [0.15, 0.2) is 72.8 Å². The van der Waals surface area contributed by atoms with Gasteiger partial charge in [0.1, 0.15) is 23.0 Å². The Bertz CT molecular complexity index is 1550. The number of hydrogen-bond acceptors (Lipinski definition) is 4. The second-order valence-corrected chi connectivity index (χ2v) is 15.6. The molecule has 0 aliphatic heterocycles. The van der Waals surface area contributed by atoms with Gasteiger partial charge in [0, 0.05) is 28.9 Å². The number of ether oxygens (including phenoxy) is 2. The van der Waals surface area contributed by atoms with Gasteiger partial charge in [-0.3, -0.25) is 0 Å². The zero-order chi connectivity index (χ0) is 36.2. The van der Waals surface area contributed by atoms with Crippen LogP contribution >= 0.6 is 0 Å². The first kappa shape index (κ1) is 38.3. The van der Waals surface area contributed by atoms with Crippen molar-refractivity contribution in [3.05, 3.63) is 106 Å². The Labute approximate surface area is 309 Å². The van der Waals surface area contributed by atoms with Crippen molar-refractivity contribution < 1.29 is 9.47 Å². The standard InChI is InChI=1S/C47H64N2O2/c1-6-7-8-9-10-11-12-13-14-15-16-19-38-24-26-47(27-25-38,39-28-34(2)45(35(3)29-39)50-43-22-17-20-41(48)32-43)40-30-36(4)46(37(5)31-40)51-44-23-18-21-42(49)33-44/h17-18,20-23,28-33,38H,6-16,19,24-27,48-49H2,1-5H3. The van der Waals surface area contributed by atoms with Crippen molar-refractivity contribution in [1.29, 1.82) is 0 Å². The number of aryl methyl sites for hydroxylation is 4. The Morgan fingerprint density at radius 2 is 0.941 bits per heavy atom. The second kappa shape index (κ2) is 18.5. The molecule has 0 amide bonds. The van der Waals surface area contributed by atoms with Crippen molar-refractivity contribution in [2.45, 2.75) is 143 Å². The third-order valence-corrected chi connectivity index (χ3v) is 11.4. The molecular weight excluding hydrogens is 625 g/mol. The first-order valence-corrected chi connectivity index (χ1v) is 20.0. The molecule has 5 rings (SSSR count). The Kier molecular flexibility index (Phi) is 13.9. The molecule has 0 aromatic heterocycles. The van der Waals surface area contributed by atoms with E-state index in [0.717, 1.165) is 64.0 Å². The zero-order valence-electron chi connectivity index (χ0n) is 32.3. The maximum absolute atomic E-state index is 6.44. The summed E-state index contributed by atoms with van der Waals surface area (Å²) in [5.41, 5.74) is 20.9. The zero-order valence-corrected chi connectivity index (χ0v) is 32.3. The molecule has 1 aliphatic carbocycles. The lowest BCUT2D eigenvalue weighted by molar-refractivity contribution is 0.249. The van der Waals surface area contributed by atoms with E-state index in [1.807, 2.05) is 48.5 Å². The quantitative estimate of drug-likeness (QED) is 0.0806. The van der Waals surface area contributed by atoms with Crippen LogP contribution in [0.5, 0.6) is 23.0 Å². The van der Waals surface area contributed by atoms with E-state index in [1.165, 1.54) is 101 Å². The molecule has 1 saturated carbocycles. The normalized spacial score (nSPS) is 14.5. The molecule has 0 spiro atoms. The van der Waals surface area contributed by atoms with Gasteiger partial charge in [0.05, 0.1) is 0 Å². The molecule has 0 atom stereocenters. The minimum atomic E-state index is -0.0654. The lowest BCUT2D eigenvalue weighted by Crippen LogP contribution is -2.33. The smallest absolute Gasteiger partial charge is 0.133 e.